The van der Waals surface area contributed by atoms with Gasteiger partial charge in [0.1, 0.15) is 11.2 Å². The van der Waals surface area contributed by atoms with Gasteiger partial charge in [0.25, 0.3) is 6.29 Å². The molecule has 3 saturated carbocycles. The average Bonchev–Trinajstić information content (AvgIpc) is 2.98. The lowest BCUT2D eigenvalue weighted by Crippen LogP contribution is -2.56. The fourth-order valence-electron chi connectivity index (χ4n) is 7.16. The molecular formula is C23H32O5. The van der Waals surface area contributed by atoms with Gasteiger partial charge in [-0.25, -0.2) is 0 Å². The highest BCUT2D eigenvalue weighted by molar-refractivity contribution is 5.88. The third-order valence-corrected chi connectivity index (χ3v) is 8.31. The van der Waals surface area contributed by atoms with E-state index in [1.54, 1.807) is 5.57 Å². The lowest BCUT2D eigenvalue weighted by Gasteiger charge is -2.57. The van der Waals surface area contributed by atoms with Crippen LogP contribution in [0.4, 0.5) is 0 Å². The molecule has 0 amide bonds. The van der Waals surface area contributed by atoms with Gasteiger partial charge in [-0.3, -0.25) is 14.4 Å². The molecule has 0 aliphatic heterocycles. The number of fused-ring (bicyclic) bond motifs is 5. The van der Waals surface area contributed by atoms with E-state index < -0.39 is 23.6 Å². The van der Waals surface area contributed by atoms with E-state index in [0.29, 0.717) is 24.7 Å². The smallest absolute Gasteiger partial charge is 0.305 e. The highest BCUT2D eigenvalue weighted by Crippen LogP contribution is 2.65. The zero-order valence-corrected chi connectivity index (χ0v) is 17.3. The molecule has 0 heterocycles. The maximum atomic E-state index is 13.2. The largest absolute Gasteiger partial charge is 0.424 e. The predicted molar refractivity (Wildman–Crippen MR) is 103 cm³/mol. The Morgan fingerprint density at radius 1 is 1.04 bits per heavy atom. The van der Waals surface area contributed by atoms with Crippen molar-refractivity contribution in [1.29, 1.82) is 0 Å². The molecule has 0 unspecified atom stereocenters. The Hall–Kier alpha value is -1.65. The molecule has 5 atom stereocenters. The van der Waals surface area contributed by atoms with E-state index in [1.165, 1.54) is 39.5 Å². The molecule has 154 valence electrons. The van der Waals surface area contributed by atoms with Gasteiger partial charge in [-0.15, -0.1) is 0 Å². The fourth-order valence-corrected chi connectivity index (χ4v) is 7.16. The summed E-state index contributed by atoms with van der Waals surface area (Å²) >= 11 is 0. The molecular weight excluding hydrogens is 356 g/mol. The van der Waals surface area contributed by atoms with Gasteiger partial charge in [-0.1, -0.05) is 25.0 Å². The van der Waals surface area contributed by atoms with Crippen LogP contribution in [0.1, 0.15) is 78.6 Å². The molecule has 0 aromatic heterocycles. The van der Waals surface area contributed by atoms with E-state index in [1.807, 2.05) is 0 Å². The number of allylic oxidation sites excluding steroid dienone is 2. The summed E-state index contributed by atoms with van der Waals surface area (Å²) in [5.41, 5.74) is 0.986. The summed E-state index contributed by atoms with van der Waals surface area (Å²) in [5, 5.41) is 0. The van der Waals surface area contributed by atoms with Crippen molar-refractivity contribution in [1.82, 2.24) is 0 Å². The van der Waals surface area contributed by atoms with Crippen LogP contribution in [-0.4, -0.2) is 24.0 Å². The molecule has 4 rings (SSSR count). The summed E-state index contributed by atoms with van der Waals surface area (Å²) in [7, 11) is 0. The van der Waals surface area contributed by atoms with Gasteiger partial charge in [0.2, 0.25) is 0 Å². The number of hydrogen-bond donors (Lipinski definition) is 0. The van der Waals surface area contributed by atoms with Gasteiger partial charge in [-0.2, -0.15) is 0 Å². The number of ketones is 1. The highest BCUT2D eigenvalue weighted by atomic mass is 16.7. The maximum Gasteiger partial charge on any atom is 0.305 e. The molecule has 28 heavy (non-hydrogen) atoms. The average molecular weight is 389 g/mol. The first-order valence-electron chi connectivity index (χ1n) is 10.9. The number of rotatable bonds is 3. The van der Waals surface area contributed by atoms with Gasteiger partial charge >= 0.3 is 11.9 Å². The first-order valence-corrected chi connectivity index (χ1v) is 10.9. The number of carbonyl (C=O) groups excluding carboxylic acids is 3. The number of esters is 2. The van der Waals surface area contributed by atoms with Gasteiger partial charge in [0.05, 0.1) is 0 Å². The van der Waals surface area contributed by atoms with E-state index in [9.17, 15) is 14.4 Å². The normalized spacial score (nSPS) is 39.5. The molecule has 5 heteroatoms. The van der Waals surface area contributed by atoms with Crippen molar-refractivity contribution < 1.29 is 23.9 Å². The van der Waals surface area contributed by atoms with Crippen LogP contribution in [0.3, 0.4) is 0 Å². The van der Waals surface area contributed by atoms with E-state index in [4.69, 9.17) is 9.47 Å². The van der Waals surface area contributed by atoms with Gasteiger partial charge in [0, 0.05) is 20.3 Å². The Morgan fingerprint density at radius 3 is 2.43 bits per heavy atom. The Labute approximate surface area is 167 Å². The van der Waals surface area contributed by atoms with Crippen LogP contribution >= 0.6 is 0 Å². The molecule has 4 aliphatic carbocycles. The highest BCUT2D eigenvalue weighted by Gasteiger charge is 2.65. The third-order valence-electron chi connectivity index (χ3n) is 8.31. The number of Topliss-reactive ketones (excluding diaryl/α,β-unsaturated/α-hetero) is 1. The van der Waals surface area contributed by atoms with Gasteiger partial charge in [0.15, 0.2) is 0 Å². The Bertz CT molecular complexity index is 709. The van der Waals surface area contributed by atoms with Crippen LogP contribution in [0.25, 0.3) is 0 Å². The standard InChI is InChI=1S/C23H32O5/c1-14(24)27-21(28-15(2)25)23-13-11-18-17(19(23)9-10-20(23)26)8-7-16-6-4-5-12-22(16,18)3/h7,17-19,21H,4-6,8-13H2,1-3H3/t17-,18+,19+,22+,23-/m1/s1. The van der Waals surface area contributed by atoms with E-state index in [2.05, 4.69) is 13.0 Å². The summed E-state index contributed by atoms with van der Waals surface area (Å²) in [5.74, 6) is 0.149. The molecule has 0 aromatic rings. The van der Waals surface area contributed by atoms with Gasteiger partial charge < -0.3 is 9.47 Å². The van der Waals surface area contributed by atoms with Crippen molar-refractivity contribution in [2.45, 2.75) is 84.8 Å². The monoisotopic (exact) mass is 388 g/mol. The first kappa shape index (κ1) is 19.7. The molecule has 0 bridgehead atoms. The topological polar surface area (TPSA) is 69.7 Å². The second kappa shape index (κ2) is 7.00. The minimum absolute atomic E-state index is 0.104. The molecule has 0 N–H and O–H groups in total. The lowest BCUT2D eigenvalue weighted by molar-refractivity contribution is -0.225. The lowest BCUT2D eigenvalue weighted by atomic mass is 9.47. The quantitative estimate of drug-likeness (QED) is 0.409. The minimum Gasteiger partial charge on any atom is -0.424 e. The second-order valence-electron chi connectivity index (χ2n) is 9.56. The summed E-state index contributed by atoms with van der Waals surface area (Å²) in [6, 6.07) is 0. The second-order valence-corrected chi connectivity index (χ2v) is 9.56. The van der Waals surface area contributed by atoms with Crippen LogP contribution in [0.5, 0.6) is 0 Å². The van der Waals surface area contributed by atoms with Crippen molar-refractivity contribution >= 4 is 17.7 Å². The van der Waals surface area contributed by atoms with Crippen molar-refractivity contribution in [3.63, 3.8) is 0 Å². The number of ether oxygens (including phenoxy) is 2. The third kappa shape index (κ3) is 2.84. The minimum atomic E-state index is -1.09. The number of hydrogen-bond acceptors (Lipinski definition) is 5. The Balaban J connectivity index is 1.71. The number of carbonyl (C=O) groups is 3. The van der Waals surface area contributed by atoms with Crippen LogP contribution in [-0.2, 0) is 23.9 Å². The zero-order chi connectivity index (χ0) is 20.1. The summed E-state index contributed by atoms with van der Waals surface area (Å²) in [6.07, 6.45) is 10.2. The van der Waals surface area contributed by atoms with Crippen LogP contribution in [0.2, 0.25) is 0 Å². The van der Waals surface area contributed by atoms with Crippen molar-refractivity contribution in [2.24, 2.45) is 28.6 Å². The van der Waals surface area contributed by atoms with E-state index in [0.717, 1.165) is 19.3 Å². The van der Waals surface area contributed by atoms with Gasteiger partial charge in [-0.05, 0) is 68.1 Å². The predicted octanol–water partition coefficient (Wildman–Crippen LogP) is 4.34. The molecule has 0 spiro atoms. The van der Waals surface area contributed by atoms with E-state index in [-0.39, 0.29) is 17.1 Å². The van der Waals surface area contributed by atoms with Crippen LogP contribution in [0, 0.1) is 28.6 Å². The summed E-state index contributed by atoms with van der Waals surface area (Å²) < 4.78 is 10.9. The van der Waals surface area contributed by atoms with Crippen LogP contribution < -0.4 is 0 Å². The molecule has 4 aliphatic rings. The van der Waals surface area contributed by atoms with Crippen molar-refractivity contribution in [2.75, 3.05) is 0 Å². The fraction of sp³-hybridized carbons (Fsp3) is 0.783. The zero-order valence-electron chi connectivity index (χ0n) is 17.3. The first-order chi connectivity index (χ1) is 13.3. The molecule has 0 radical (unpaired) electrons. The molecule has 5 nitrogen and oxygen atoms in total. The molecule has 0 aromatic carbocycles. The van der Waals surface area contributed by atoms with Crippen LogP contribution in [0.15, 0.2) is 11.6 Å². The molecule has 0 saturated heterocycles. The summed E-state index contributed by atoms with van der Waals surface area (Å²) in [4.78, 5) is 36.7. The molecule has 3 fully saturated rings. The maximum absolute atomic E-state index is 13.2. The van der Waals surface area contributed by atoms with Crippen molar-refractivity contribution in [3.8, 4) is 0 Å². The Morgan fingerprint density at radius 2 is 1.75 bits per heavy atom. The van der Waals surface area contributed by atoms with Crippen molar-refractivity contribution in [3.05, 3.63) is 11.6 Å². The van der Waals surface area contributed by atoms with E-state index >= 15 is 0 Å². The SMILES string of the molecule is CC(=O)OC(OC(C)=O)[C@]12CC[C@H]3[C@@H](CC=C4CCCC[C@@]43C)[C@@H]1CCC2=O. The Kier molecular flexibility index (Phi) is 4.91. The summed E-state index contributed by atoms with van der Waals surface area (Å²) in [6.45, 7) is 5.05.